The summed E-state index contributed by atoms with van der Waals surface area (Å²) in [6.45, 7) is 3.45. The van der Waals surface area contributed by atoms with Gasteiger partial charge in [0, 0.05) is 15.6 Å². The van der Waals surface area contributed by atoms with E-state index in [1.165, 1.54) is 18.2 Å². The van der Waals surface area contributed by atoms with E-state index in [-0.39, 0.29) is 18.0 Å². The first-order valence-corrected chi connectivity index (χ1v) is 7.98. The first-order chi connectivity index (χ1) is 11.2. The maximum absolute atomic E-state index is 12.0. The zero-order valence-electron chi connectivity index (χ0n) is 13.3. The molecule has 7 nitrogen and oxygen atoms in total. The van der Waals surface area contributed by atoms with Crippen molar-refractivity contribution in [3.63, 3.8) is 0 Å². The molecule has 0 radical (unpaired) electrons. The van der Waals surface area contributed by atoms with E-state index in [9.17, 15) is 9.59 Å². The van der Waals surface area contributed by atoms with E-state index in [0.717, 1.165) is 0 Å². The van der Waals surface area contributed by atoms with Gasteiger partial charge in [0.25, 0.3) is 5.91 Å². The Bertz CT molecular complexity index is 556. The normalized spacial score (nSPS) is 12.0. The van der Waals surface area contributed by atoms with Crippen molar-refractivity contribution in [1.82, 2.24) is 10.6 Å². The first-order valence-electron chi connectivity index (χ1n) is 7.22. The van der Waals surface area contributed by atoms with Gasteiger partial charge in [0.15, 0.2) is 0 Å². The van der Waals surface area contributed by atoms with Crippen molar-refractivity contribution < 1.29 is 24.3 Å². The number of benzene rings is 1. The molecule has 0 aliphatic heterocycles. The fraction of sp³-hybridized carbons (Fsp3) is 0.429. The van der Waals surface area contributed by atoms with Crippen LogP contribution in [-0.4, -0.2) is 42.0 Å². The molecule has 4 N–H and O–H groups in total. The largest absolute Gasteiger partial charge is 0.635 e. The molecule has 2 amide bonds. The van der Waals surface area contributed by atoms with Crippen molar-refractivity contribution in [3.05, 3.63) is 33.8 Å². The lowest BCUT2D eigenvalue weighted by atomic mass is 10.1. The molecule has 0 saturated heterocycles. The number of nitrogens with one attached hydrogen (secondary N) is 2. The second-order valence-electron chi connectivity index (χ2n) is 5.49. The summed E-state index contributed by atoms with van der Waals surface area (Å²) in [5.74, 6) is -0.905. The summed E-state index contributed by atoms with van der Waals surface area (Å²) in [7, 11) is -2.00. The second-order valence-corrected chi connectivity index (χ2v) is 6.36. The summed E-state index contributed by atoms with van der Waals surface area (Å²) in [5, 5.41) is 23.2. The molecule has 1 atom stereocenters. The van der Waals surface area contributed by atoms with Crippen LogP contribution in [0.15, 0.2) is 18.2 Å². The lowest BCUT2D eigenvalue weighted by molar-refractivity contribution is -0.123. The molecule has 0 heterocycles. The highest BCUT2D eigenvalue weighted by Crippen LogP contribution is 2.18. The van der Waals surface area contributed by atoms with Gasteiger partial charge in [-0.05, 0) is 30.5 Å². The average molecular weight is 377 g/mol. The summed E-state index contributed by atoms with van der Waals surface area (Å²) < 4.78 is 4.79. The zero-order chi connectivity index (χ0) is 18.3. The van der Waals surface area contributed by atoms with Gasteiger partial charge in [-0.25, -0.2) is 0 Å². The van der Waals surface area contributed by atoms with Gasteiger partial charge in [0.05, 0.1) is 6.54 Å². The number of carbonyl (C=O) groups excluding carboxylic acids is 2. The molecule has 0 fully saturated rings. The van der Waals surface area contributed by atoms with Crippen LogP contribution in [0.1, 0.15) is 30.6 Å². The van der Waals surface area contributed by atoms with Gasteiger partial charge < -0.3 is 25.3 Å². The topological polar surface area (TPSA) is 108 Å². The van der Waals surface area contributed by atoms with Crippen LogP contribution >= 0.6 is 23.2 Å². The third-order valence-corrected chi connectivity index (χ3v) is 3.26. The minimum Gasteiger partial charge on any atom is -0.402 e. The first kappa shape index (κ1) is 20.7. The van der Waals surface area contributed by atoms with Gasteiger partial charge in [0.2, 0.25) is 5.91 Å². The summed E-state index contributed by atoms with van der Waals surface area (Å²) in [5.41, 5.74) is 0.223. The number of carbonyl (C=O) groups is 2. The summed E-state index contributed by atoms with van der Waals surface area (Å²) in [4.78, 5) is 23.8. The third-order valence-electron chi connectivity index (χ3n) is 2.83. The average Bonchev–Trinajstić information content (AvgIpc) is 2.42. The third kappa shape index (κ3) is 7.98. The molecule has 1 rings (SSSR count). The van der Waals surface area contributed by atoms with E-state index in [4.69, 9.17) is 37.9 Å². The van der Waals surface area contributed by atoms with Gasteiger partial charge in [-0.15, -0.1) is 0 Å². The summed E-state index contributed by atoms with van der Waals surface area (Å²) >= 11 is 11.6. The van der Waals surface area contributed by atoms with E-state index in [0.29, 0.717) is 16.5 Å². The van der Waals surface area contributed by atoms with Gasteiger partial charge in [-0.1, -0.05) is 37.0 Å². The zero-order valence-corrected chi connectivity index (χ0v) is 14.8. The number of hydrogen-bond donors (Lipinski definition) is 4. The van der Waals surface area contributed by atoms with Crippen molar-refractivity contribution in [2.45, 2.75) is 26.5 Å². The van der Waals surface area contributed by atoms with Crippen molar-refractivity contribution in [2.75, 3.05) is 6.54 Å². The van der Waals surface area contributed by atoms with E-state index in [1.54, 1.807) is 0 Å². The van der Waals surface area contributed by atoms with Crippen LogP contribution in [0.4, 0.5) is 0 Å². The molecule has 132 valence electrons. The maximum atomic E-state index is 12.0. The maximum Gasteiger partial charge on any atom is 0.635 e. The van der Waals surface area contributed by atoms with Crippen molar-refractivity contribution in [2.24, 2.45) is 5.92 Å². The minimum absolute atomic E-state index is 0.150. The highest BCUT2D eigenvalue weighted by Gasteiger charge is 2.21. The van der Waals surface area contributed by atoms with Crippen LogP contribution < -0.4 is 10.6 Å². The van der Waals surface area contributed by atoms with Crippen LogP contribution in [-0.2, 0) is 9.45 Å². The van der Waals surface area contributed by atoms with Gasteiger partial charge >= 0.3 is 7.32 Å². The number of hydrogen-bond acceptors (Lipinski definition) is 5. The smallest absolute Gasteiger partial charge is 0.402 e. The molecule has 10 heteroatoms. The van der Waals surface area contributed by atoms with Gasteiger partial charge in [-0.3, -0.25) is 9.59 Å². The Kier molecular flexibility index (Phi) is 8.51. The highest BCUT2D eigenvalue weighted by molar-refractivity contribution is 6.35. The van der Waals surface area contributed by atoms with Crippen molar-refractivity contribution in [3.8, 4) is 0 Å². The van der Waals surface area contributed by atoms with Gasteiger partial charge in [0.1, 0.15) is 6.23 Å². The van der Waals surface area contributed by atoms with Crippen molar-refractivity contribution >= 4 is 42.3 Å². The molecule has 0 unspecified atom stereocenters. The Labute approximate surface area is 150 Å². The Morgan fingerprint density at radius 1 is 1.21 bits per heavy atom. The Hall–Kier alpha value is -1.32. The number of halogens is 2. The lowest BCUT2D eigenvalue weighted by Gasteiger charge is -2.21. The molecule has 0 saturated carbocycles. The van der Waals surface area contributed by atoms with E-state index < -0.39 is 25.4 Å². The SMILES string of the molecule is CC(C)C[C@H](NC(=O)CNC(=O)c1cc(Cl)cc(Cl)c1)OB(O)O. The molecule has 0 spiro atoms. The second kappa shape index (κ2) is 9.85. The molecular formula is C14H19BCl2N2O5. The predicted octanol–water partition coefficient (Wildman–Crippen LogP) is 1.20. The Balaban J connectivity index is 2.55. The van der Waals surface area contributed by atoms with Gasteiger partial charge in [-0.2, -0.15) is 0 Å². The number of amides is 2. The molecule has 0 aliphatic carbocycles. The van der Waals surface area contributed by atoms with E-state index >= 15 is 0 Å². The Morgan fingerprint density at radius 3 is 2.29 bits per heavy atom. The van der Waals surface area contributed by atoms with Crippen LogP contribution in [0.25, 0.3) is 0 Å². The molecule has 0 bridgehead atoms. The predicted molar refractivity (Wildman–Crippen MR) is 91.5 cm³/mol. The van der Waals surface area contributed by atoms with Crippen LogP contribution in [0.2, 0.25) is 10.0 Å². The molecule has 1 aromatic carbocycles. The highest BCUT2D eigenvalue weighted by atomic mass is 35.5. The summed E-state index contributed by atoms with van der Waals surface area (Å²) in [6.07, 6.45) is -0.503. The van der Waals surface area contributed by atoms with E-state index in [2.05, 4.69) is 10.6 Å². The standard InChI is InChI=1S/C14H19BCl2N2O5/c1-8(2)3-13(24-15(22)23)19-12(20)7-18-14(21)9-4-10(16)6-11(17)5-9/h4-6,8,13,22-23H,3,7H2,1-2H3,(H,18,21)(H,19,20)/t13-/m1/s1. The van der Waals surface area contributed by atoms with Crippen LogP contribution in [0.3, 0.4) is 0 Å². The van der Waals surface area contributed by atoms with Crippen LogP contribution in [0.5, 0.6) is 0 Å². The fourth-order valence-electron chi connectivity index (χ4n) is 1.90. The molecular weight excluding hydrogens is 358 g/mol. The summed E-state index contributed by atoms with van der Waals surface area (Å²) in [6, 6.07) is 4.33. The molecule has 0 aromatic heterocycles. The van der Waals surface area contributed by atoms with E-state index in [1.807, 2.05) is 13.8 Å². The van der Waals surface area contributed by atoms with Crippen molar-refractivity contribution in [1.29, 1.82) is 0 Å². The van der Waals surface area contributed by atoms with Crippen LogP contribution in [0, 0.1) is 5.92 Å². The number of rotatable bonds is 8. The lowest BCUT2D eigenvalue weighted by Crippen LogP contribution is -2.45. The minimum atomic E-state index is -2.00. The quantitative estimate of drug-likeness (QED) is 0.402. The molecule has 24 heavy (non-hydrogen) atoms. The fourth-order valence-corrected chi connectivity index (χ4v) is 2.43. The molecule has 1 aromatic rings. The monoisotopic (exact) mass is 376 g/mol. The Morgan fingerprint density at radius 2 is 1.79 bits per heavy atom. The molecule has 0 aliphatic rings.